The summed E-state index contributed by atoms with van der Waals surface area (Å²) >= 11 is 0. The quantitative estimate of drug-likeness (QED) is 0.605. The summed E-state index contributed by atoms with van der Waals surface area (Å²) in [5.74, 6) is 3.10. The molecule has 1 nitrogen and oxygen atoms in total. The van der Waals surface area contributed by atoms with E-state index in [0.717, 1.165) is 17.8 Å². The summed E-state index contributed by atoms with van der Waals surface area (Å²) in [5, 5.41) is 0. The molecule has 0 aromatic carbocycles. The molecule has 0 spiro atoms. The summed E-state index contributed by atoms with van der Waals surface area (Å²) in [6.07, 6.45) is 7.66. The predicted molar refractivity (Wildman–Crippen MR) is 57.4 cm³/mol. The van der Waals surface area contributed by atoms with E-state index < -0.39 is 0 Å². The number of ether oxygens (including phenoxy) is 1. The molecule has 14 heavy (non-hydrogen) atoms. The zero-order chi connectivity index (χ0) is 9.71. The Morgan fingerprint density at radius 1 is 1.21 bits per heavy atom. The van der Waals surface area contributed by atoms with Gasteiger partial charge in [0.1, 0.15) is 0 Å². The Hall–Kier alpha value is 0.0249. The Balaban J connectivity index is 1.46. The van der Waals surface area contributed by atoms with Gasteiger partial charge in [0.25, 0.3) is 0 Å². The molecule has 3 rings (SSSR count). The van der Waals surface area contributed by atoms with Crippen molar-refractivity contribution < 1.29 is 4.74 Å². The molecule has 0 heterocycles. The Morgan fingerprint density at radius 2 is 1.93 bits per heavy atom. The van der Waals surface area contributed by atoms with Crippen LogP contribution in [0.1, 0.15) is 39.0 Å². The van der Waals surface area contributed by atoms with E-state index >= 15 is 0 Å². The summed E-state index contributed by atoms with van der Waals surface area (Å²) in [7, 11) is 6.23. The fourth-order valence-electron chi connectivity index (χ4n) is 2.69. The van der Waals surface area contributed by atoms with Crippen molar-refractivity contribution in [2.75, 3.05) is 0 Å². The van der Waals surface area contributed by atoms with Gasteiger partial charge in [-0.1, -0.05) is 0 Å². The summed E-state index contributed by atoms with van der Waals surface area (Å²) < 4.78 is 5.85. The molecule has 0 aromatic heterocycles. The maximum Gasteiger partial charge on any atom is 0.0738 e. The van der Waals surface area contributed by atoms with Gasteiger partial charge >= 0.3 is 0 Å². The van der Waals surface area contributed by atoms with Gasteiger partial charge in [0.2, 0.25) is 0 Å². The van der Waals surface area contributed by atoms with Gasteiger partial charge in [-0.05, 0) is 62.6 Å². The van der Waals surface area contributed by atoms with Crippen molar-refractivity contribution in [3.8, 4) is 0 Å². The van der Waals surface area contributed by atoms with Crippen LogP contribution in [-0.2, 0) is 4.74 Å². The zero-order valence-corrected chi connectivity index (χ0v) is 8.99. The summed E-state index contributed by atoms with van der Waals surface area (Å²) in [6.45, 7) is 2.16. The molecule has 3 aliphatic rings. The van der Waals surface area contributed by atoms with Crippen molar-refractivity contribution in [2.24, 2.45) is 17.8 Å². The predicted octanol–water partition coefficient (Wildman–Crippen LogP) is 2.56. The van der Waals surface area contributed by atoms with Crippen LogP contribution in [0.5, 0.6) is 0 Å². The molecule has 3 saturated carbocycles. The van der Waals surface area contributed by atoms with Gasteiger partial charge in [-0.15, -0.1) is 0 Å². The molecule has 0 amide bonds. The SMILES string of the molecule is [B]C(C(C)OC1CC1)C1CC1C1CC1. The Labute approximate surface area is 88.0 Å². The summed E-state index contributed by atoms with van der Waals surface area (Å²) in [5.41, 5.74) is 0. The van der Waals surface area contributed by atoms with Crippen molar-refractivity contribution in [1.29, 1.82) is 0 Å². The van der Waals surface area contributed by atoms with Crippen LogP contribution in [0.15, 0.2) is 0 Å². The fraction of sp³-hybridized carbons (Fsp3) is 1.00. The summed E-state index contributed by atoms with van der Waals surface area (Å²) in [6, 6.07) is 0. The van der Waals surface area contributed by atoms with Gasteiger partial charge in [0.15, 0.2) is 0 Å². The lowest BCUT2D eigenvalue weighted by Crippen LogP contribution is -2.19. The third kappa shape index (κ3) is 1.86. The van der Waals surface area contributed by atoms with Gasteiger partial charge < -0.3 is 4.74 Å². The lowest BCUT2D eigenvalue weighted by atomic mass is 9.77. The summed E-state index contributed by atoms with van der Waals surface area (Å²) in [4.78, 5) is 0. The van der Waals surface area contributed by atoms with Crippen LogP contribution in [0.25, 0.3) is 0 Å². The van der Waals surface area contributed by atoms with Crippen LogP contribution in [0.4, 0.5) is 0 Å². The molecule has 4 unspecified atom stereocenters. The third-order valence-corrected chi connectivity index (χ3v) is 4.09. The van der Waals surface area contributed by atoms with Crippen LogP contribution in [0.3, 0.4) is 0 Å². The number of rotatable bonds is 5. The third-order valence-electron chi connectivity index (χ3n) is 4.09. The van der Waals surface area contributed by atoms with Crippen LogP contribution in [-0.4, -0.2) is 20.1 Å². The smallest absolute Gasteiger partial charge is 0.0738 e. The first-order chi connectivity index (χ1) is 6.75. The number of hydrogen-bond donors (Lipinski definition) is 0. The highest BCUT2D eigenvalue weighted by Gasteiger charge is 2.50. The first-order valence-electron chi connectivity index (χ1n) is 6.16. The second-order valence-corrected chi connectivity index (χ2v) is 5.52. The van der Waals surface area contributed by atoms with E-state index in [1.807, 2.05) is 0 Å². The van der Waals surface area contributed by atoms with Gasteiger partial charge in [0, 0.05) is 0 Å². The van der Waals surface area contributed by atoms with Gasteiger partial charge in [-0.3, -0.25) is 0 Å². The Morgan fingerprint density at radius 3 is 2.50 bits per heavy atom. The first-order valence-corrected chi connectivity index (χ1v) is 6.16. The molecule has 0 saturated heterocycles. The highest BCUT2D eigenvalue weighted by Crippen LogP contribution is 2.59. The van der Waals surface area contributed by atoms with Crippen molar-refractivity contribution in [3.05, 3.63) is 0 Å². The minimum Gasteiger partial charge on any atom is -0.376 e. The average Bonchev–Trinajstić information content (AvgIpc) is 2.94. The molecule has 76 valence electrons. The Kier molecular flexibility index (Phi) is 2.16. The standard InChI is InChI=1S/C12H19BO/c1-7(14-9-4-5-9)12(13)11-6-10(11)8-2-3-8/h7-12H,2-6H2,1H3. The lowest BCUT2D eigenvalue weighted by molar-refractivity contribution is 0.0430. The van der Waals surface area contributed by atoms with E-state index in [1.165, 1.54) is 32.1 Å². The second kappa shape index (κ2) is 3.26. The highest BCUT2D eigenvalue weighted by molar-refractivity contribution is 6.12. The van der Waals surface area contributed by atoms with Crippen LogP contribution in [0, 0.1) is 17.8 Å². The van der Waals surface area contributed by atoms with Gasteiger partial charge in [-0.2, -0.15) is 0 Å². The van der Waals surface area contributed by atoms with E-state index in [4.69, 9.17) is 12.6 Å². The van der Waals surface area contributed by atoms with Crippen molar-refractivity contribution in [1.82, 2.24) is 0 Å². The normalized spacial score (nSPS) is 40.6. The monoisotopic (exact) mass is 190 g/mol. The molecular weight excluding hydrogens is 171 g/mol. The van der Waals surface area contributed by atoms with Crippen LogP contribution in [0.2, 0.25) is 5.82 Å². The molecule has 3 aliphatic carbocycles. The largest absolute Gasteiger partial charge is 0.376 e. The van der Waals surface area contributed by atoms with E-state index in [-0.39, 0.29) is 6.10 Å². The Bertz CT molecular complexity index is 220. The van der Waals surface area contributed by atoms with Gasteiger partial charge in [0.05, 0.1) is 20.1 Å². The molecule has 0 N–H and O–H groups in total. The zero-order valence-electron chi connectivity index (χ0n) is 8.99. The molecule has 2 radical (unpaired) electrons. The second-order valence-electron chi connectivity index (χ2n) is 5.52. The topological polar surface area (TPSA) is 9.23 Å². The van der Waals surface area contributed by atoms with Crippen LogP contribution < -0.4 is 0 Å². The van der Waals surface area contributed by atoms with Crippen molar-refractivity contribution in [2.45, 2.75) is 57.1 Å². The average molecular weight is 190 g/mol. The van der Waals surface area contributed by atoms with E-state index in [2.05, 4.69) is 6.92 Å². The fourth-order valence-corrected chi connectivity index (χ4v) is 2.69. The highest BCUT2D eigenvalue weighted by atomic mass is 16.5. The molecule has 0 aliphatic heterocycles. The molecule has 3 fully saturated rings. The molecule has 0 bridgehead atoms. The first kappa shape index (κ1) is 9.27. The lowest BCUT2D eigenvalue weighted by Gasteiger charge is -2.21. The minimum atomic E-state index is 0.288. The van der Waals surface area contributed by atoms with E-state index in [0.29, 0.717) is 11.9 Å². The maximum atomic E-state index is 6.23. The van der Waals surface area contributed by atoms with Crippen LogP contribution >= 0.6 is 0 Å². The molecular formula is C12H19BO. The maximum absolute atomic E-state index is 6.23. The van der Waals surface area contributed by atoms with E-state index in [9.17, 15) is 0 Å². The van der Waals surface area contributed by atoms with Crippen molar-refractivity contribution in [3.63, 3.8) is 0 Å². The molecule has 2 heteroatoms. The van der Waals surface area contributed by atoms with Crippen molar-refractivity contribution >= 4 is 7.85 Å². The number of hydrogen-bond acceptors (Lipinski definition) is 1. The van der Waals surface area contributed by atoms with Gasteiger partial charge in [-0.25, -0.2) is 0 Å². The minimum absolute atomic E-state index is 0.288. The molecule has 4 atom stereocenters. The molecule has 0 aromatic rings. The van der Waals surface area contributed by atoms with E-state index in [1.54, 1.807) is 0 Å².